The number of pyridine rings is 1. The third-order valence-electron chi connectivity index (χ3n) is 5.63. The standard InChI is InChI=1S/C19H29N3O3/c1-3-19(6-4-5-7-19)18(23)21-17-12-15(16(24-2)13-20-17)14-22-8-10-25-11-9-22/h12-13H,3-11,14H2,1-2H3,(H,20,21,23). The Hall–Kier alpha value is -1.66. The Kier molecular flexibility index (Phi) is 5.91. The van der Waals surface area contributed by atoms with Crippen molar-refractivity contribution in [2.45, 2.75) is 45.6 Å². The van der Waals surface area contributed by atoms with Crippen molar-refractivity contribution in [3.63, 3.8) is 0 Å². The van der Waals surface area contributed by atoms with Gasteiger partial charge in [-0.3, -0.25) is 9.69 Å². The lowest BCUT2D eigenvalue weighted by Crippen LogP contribution is -2.36. The number of carbonyl (C=O) groups excluding carboxylic acids is 1. The third-order valence-corrected chi connectivity index (χ3v) is 5.63. The average Bonchev–Trinajstić information content (AvgIpc) is 3.13. The fourth-order valence-corrected chi connectivity index (χ4v) is 3.90. The number of methoxy groups -OCH3 is 1. The molecule has 1 saturated carbocycles. The lowest BCUT2D eigenvalue weighted by atomic mass is 9.82. The van der Waals surface area contributed by atoms with Gasteiger partial charge in [-0.25, -0.2) is 4.98 Å². The van der Waals surface area contributed by atoms with Crippen LogP contribution in [0.1, 0.15) is 44.6 Å². The van der Waals surface area contributed by atoms with Gasteiger partial charge in [-0.1, -0.05) is 19.8 Å². The molecule has 0 atom stereocenters. The van der Waals surface area contributed by atoms with Crippen molar-refractivity contribution in [2.24, 2.45) is 5.41 Å². The van der Waals surface area contributed by atoms with Crippen LogP contribution < -0.4 is 10.1 Å². The minimum absolute atomic E-state index is 0.113. The molecule has 1 aliphatic heterocycles. The van der Waals surface area contributed by atoms with Crippen LogP contribution in [-0.2, 0) is 16.1 Å². The van der Waals surface area contributed by atoms with E-state index in [-0.39, 0.29) is 11.3 Å². The van der Waals surface area contributed by atoms with Crippen molar-refractivity contribution in [2.75, 3.05) is 38.7 Å². The summed E-state index contributed by atoms with van der Waals surface area (Å²) in [6, 6.07) is 1.95. The van der Waals surface area contributed by atoms with Gasteiger partial charge in [0.05, 0.1) is 26.5 Å². The number of aromatic nitrogens is 1. The number of hydrogen-bond acceptors (Lipinski definition) is 5. The predicted molar refractivity (Wildman–Crippen MR) is 96.7 cm³/mol. The minimum Gasteiger partial charge on any atom is -0.495 e. The highest BCUT2D eigenvalue weighted by Gasteiger charge is 2.39. The average molecular weight is 347 g/mol. The molecule has 2 fully saturated rings. The van der Waals surface area contributed by atoms with Gasteiger partial charge in [-0.15, -0.1) is 0 Å². The molecule has 0 unspecified atom stereocenters. The summed E-state index contributed by atoms with van der Waals surface area (Å²) in [6.45, 7) is 6.22. The summed E-state index contributed by atoms with van der Waals surface area (Å²) in [5.41, 5.74) is 0.832. The van der Waals surface area contributed by atoms with Crippen molar-refractivity contribution >= 4 is 11.7 Å². The molecule has 6 nitrogen and oxygen atoms in total. The Balaban J connectivity index is 1.73. The summed E-state index contributed by atoms with van der Waals surface area (Å²) >= 11 is 0. The fraction of sp³-hybridized carbons (Fsp3) is 0.684. The first kappa shape index (κ1) is 18.1. The Bertz CT molecular complexity index is 594. The monoisotopic (exact) mass is 347 g/mol. The number of carbonyl (C=O) groups is 1. The number of ether oxygens (including phenoxy) is 2. The Morgan fingerprint density at radius 3 is 2.72 bits per heavy atom. The van der Waals surface area contributed by atoms with Crippen LogP contribution >= 0.6 is 0 Å². The highest BCUT2D eigenvalue weighted by Crippen LogP contribution is 2.41. The Morgan fingerprint density at radius 1 is 1.36 bits per heavy atom. The molecule has 1 N–H and O–H groups in total. The molecule has 25 heavy (non-hydrogen) atoms. The van der Waals surface area contributed by atoms with E-state index in [0.29, 0.717) is 5.82 Å². The zero-order valence-electron chi connectivity index (χ0n) is 15.3. The molecule has 6 heteroatoms. The van der Waals surface area contributed by atoms with E-state index in [0.717, 1.165) is 76.3 Å². The minimum atomic E-state index is -0.216. The van der Waals surface area contributed by atoms with E-state index < -0.39 is 0 Å². The second-order valence-corrected chi connectivity index (χ2v) is 7.07. The second kappa shape index (κ2) is 8.15. The molecular formula is C19H29N3O3. The van der Waals surface area contributed by atoms with Crippen molar-refractivity contribution in [3.8, 4) is 5.75 Å². The molecule has 0 spiro atoms. The summed E-state index contributed by atoms with van der Waals surface area (Å²) in [5, 5.41) is 3.06. The van der Waals surface area contributed by atoms with Crippen molar-refractivity contribution in [1.29, 1.82) is 0 Å². The maximum atomic E-state index is 12.8. The topological polar surface area (TPSA) is 63.7 Å². The van der Waals surface area contributed by atoms with Crippen LogP contribution in [0.4, 0.5) is 5.82 Å². The van der Waals surface area contributed by atoms with Gasteiger partial charge in [0.1, 0.15) is 11.6 Å². The van der Waals surface area contributed by atoms with E-state index in [9.17, 15) is 4.79 Å². The van der Waals surface area contributed by atoms with Gasteiger partial charge in [0.2, 0.25) is 5.91 Å². The molecule has 1 saturated heterocycles. The number of morpholine rings is 1. The smallest absolute Gasteiger partial charge is 0.231 e. The summed E-state index contributed by atoms with van der Waals surface area (Å²) < 4.78 is 10.9. The number of anilines is 1. The zero-order valence-corrected chi connectivity index (χ0v) is 15.3. The van der Waals surface area contributed by atoms with Crippen LogP contribution in [0.2, 0.25) is 0 Å². The number of nitrogens with zero attached hydrogens (tertiary/aromatic N) is 2. The summed E-state index contributed by atoms with van der Waals surface area (Å²) in [5.74, 6) is 1.49. The van der Waals surface area contributed by atoms with Gasteiger partial charge in [-0.2, -0.15) is 0 Å². The first-order chi connectivity index (χ1) is 12.2. The number of rotatable bonds is 6. The van der Waals surface area contributed by atoms with Crippen LogP contribution in [0.5, 0.6) is 5.75 Å². The third kappa shape index (κ3) is 4.12. The molecular weight excluding hydrogens is 318 g/mol. The van der Waals surface area contributed by atoms with Gasteiger partial charge >= 0.3 is 0 Å². The molecule has 0 bridgehead atoms. The molecule has 1 aliphatic carbocycles. The van der Waals surface area contributed by atoms with Crippen LogP contribution in [0.15, 0.2) is 12.3 Å². The van der Waals surface area contributed by atoms with E-state index in [1.54, 1.807) is 13.3 Å². The Morgan fingerprint density at radius 2 is 2.08 bits per heavy atom. The van der Waals surface area contributed by atoms with Crippen LogP contribution in [0, 0.1) is 5.41 Å². The lowest BCUT2D eigenvalue weighted by molar-refractivity contribution is -0.125. The highest BCUT2D eigenvalue weighted by atomic mass is 16.5. The zero-order chi connectivity index (χ0) is 17.7. The van der Waals surface area contributed by atoms with Gasteiger partial charge in [0.25, 0.3) is 0 Å². The van der Waals surface area contributed by atoms with E-state index in [2.05, 4.69) is 22.1 Å². The number of hydrogen-bond donors (Lipinski definition) is 1. The molecule has 2 heterocycles. The maximum absolute atomic E-state index is 12.8. The van der Waals surface area contributed by atoms with Crippen molar-refractivity contribution in [3.05, 3.63) is 17.8 Å². The first-order valence-electron chi connectivity index (χ1n) is 9.31. The molecule has 1 aromatic rings. The highest BCUT2D eigenvalue weighted by molar-refractivity contribution is 5.94. The molecule has 138 valence electrons. The summed E-state index contributed by atoms with van der Waals surface area (Å²) in [7, 11) is 1.66. The van der Waals surface area contributed by atoms with Gasteiger partial charge in [0.15, 0.2) is 0 Å². The molecule has 0 radical (unpaired) electrons. The van der Waals surface area contributed by atoms with Gasteiger partial charge in [-0.05, 0) is 25.3 Å². The largest absolute Gasteiger partial charge is 0.495 e. The predicted octanol–water partition coefficient (Wildman–Crippen LogP) is 2.83. The molecule has 0 aromatic carbocycles. The van der Waals surface area contributed by atoms with E-state index in [1.165, 1.54) is 0 Å². The van der Waals surface area contributed by atoms with Crippen LogP contribution in [-0.4, -0.2) is 49.2 Å². The summed E-state index contributed by atoms with van der Waals surface area (Å²) in [6.07, 6.45) is 6.83. The van der Waals surface area contributed by atoms with Crippen LogP contribution in [0.25, 0.3) is 0 Å². The lowest BCUT2D eigenvalue weighted by Gasteiger charge is -2.28. The molecule has 1 aromatic heterocycles. The number of nitrogens with one attached hydrogen (secondary N) is 1. The van der Waals surface area contributed by atoms with Crippen LogP contribution in [0.3, 0.4) is 0 Å². The Labute approximate surface area is 149 Å². The van der Waals surface area contributed by atoms with Gasteiger partial charge in [0, 0.05) is 30.6 Å². The molecule has 2 aliphatic rings. The first-order valence-corrected chi connectivity index (χ1v) is 9.31. The number of amides is 1. The SMILES string of the molecule is CCC1(C(=O)Nc2cc(CN3CCOCC3)c(OC)cn2)CCCC1. The summed E-state index contributed by atoms with van der Waals surface area (Å²) in [4.78, 5) is 19.5. The molecule has 3 rings (SSSR count). The normalized spacial score (nSPS) is 20.4. The van der Waals surface area contributed by atoms with E-state index in [4.69, 9.17) is 9.47 Å². The van der Waals surface area contributed by atoms with E-state index in [1.807, 2.05) is 6.07 Å². The van der Waals surface area contributed by atoms with Crippen molar-refractivity contribution < 1.29 is 14.3 Å². The fourth-order valence-electron chi connectivity index (χ4n) is 3.90. The van der Waals surface area contributed by atoms with Gasteiger partial charge < -0.3 is 14.8 Å². The molecule has 1 amide bonds. The van der Waals surface area contributed by atoms with Crippen molar-refractivity contribution in [1.82, 2.24) is 9.88 Å². The van der Waals surface area contributed by atoms with E-state index >= 15 is 0 Å². The quantitative estimate of drug-likeness (QED) is 0.857. The second-order valence-electron chi connectivity index (χ2n) is 7.07. The maximum Gasteiger partial charge on any atom is 0.231 e.